The Morgan fingerprint density at radius 3 is 2.39 bits per heavy atom. The van der Waals surface area contributed by atoms with Gasteiger partial charge in [0.2, 0.25) is 10.0 Å². The Morgan fingerprint density at radius 1 is 1.39 bits per heavy atom. The highest BCUT2D eigenvalue weighted by Gasteiger charge is 2.27. The van der Waals surface area contributed by atoms with Crippen LogP contribution in [0, 0.1) is 0 Å². The Kier molecular flexibility index (Phi) is 4.69. The zero-order valence-electron chi connectivity index (χ0n) is 10.3. The van der Waals surface area contributed by atoms with Gasteiger partial charge in [-0.3, -0.25) is 0 Å². The van der Waals surface area contributed by atoms with Crippen LogP contribution in [0.4, 0.5) is 0 Å². The van der Waals surface area contributed by atoms with Gasteiger partial charge in [0.25, 0.3) is 0 Å². The molecule has 1 aromatic carbocycles. The van der Waals surface area contributed by atoms with Crippen LogP contribution in [0.25, 0.3) is 0 Å². The van der Waals surface area contributed by atoms with Gasteiger partial charge >= 0.3 is 0 Å². The first kappa shape index (κ1) is 14.5. The van der Waals surface area contributed by atoms with Crippen molar-refractivity contribution in [2.24, 2.45) is 10.9 Å². The van der Waals surface area contributed by atoms with Gasteiger partial charge in [0.15, 0.2) is 5.84 Å². The highest BCUT2D eigenvalue weighted by atomic mass is 32.2. The number of nitrogens with zero attached hydrogens (tertiary/aromatic N) is 2. The number of hydrogen-bond donors (Lipinski definition) is 2. The number of nitrogens with two attached hydrogens (primary N) is 1. The molecule has 0 aromatic heterocycles. The van der Waals surface area contributed by atoms with Crippen LogP contribution in [0.5, 0.6) is 0 Å². The van der Waals surface area contributed by atoms with Crippen LogP contribution in [-0.2, 0) is 10.0 Å². The smallest absolute Gasteiger partial charge is 0.243 e. The van der Waals surface area contributed by atoms with Crippen molar-refractivity contribution in [3.05, 3.63) is 30.3 Å². The molecule has 0 heterocycles. The molecule has 0 aliphatic heterocycles. The predicted molar refractivity (Wildman–Crippen MR) is 68.9 cm³/mol. The lowest BCUT2D eigenvalue weighted by Crippen LogP contribution is -2.42. The van der Waals surface area contributed by atoms with Crippen molar-refractivity contribution in [3.63, 3.8) is 0 Å². The summed E-state index contributed by atoms with van der Waals surface area (Å²) >= 11 is 0. The number of sulfonamides is 1. The molecule has 0 saturated heterocycles. The van der Waals surface area contributed by atoms with Gasteiger partial charge in [-0.2, -0.15) is 4.31 Å². The van der Waals surface area contributed by atoms with Crippen molar-refractivity contribution >= 4 is 15.9 Å². The molecule has 0 spiro atoms. The fourth-order valence-corrected chi connectivity index (χ4v) is 3.09. The van der Waals surface area contributed by atoms with Gasteiger partial charge < -0.3 is 10.9 Å². The second-order valence-electron chi connectivity index (χ2n) is 4.05. The van der Waals surface area contributed by atoms with Crippen LogP contribution >= 0.6 is 0 Å². The minimum atomic E-state index is -3.64. The molecule has 18 heavy (non-hydrogen) atoms. The highest BCUT2D eigenvalue weighted by molar-refractivity contribution is 7.89. The van der Waals surface area contributed by atoms with Gasteiger partial charge in [-0.15, -0.1) is 0 Å². The van der Waals surface area contributed by atoms with E-state index in [9.17, 15) is 8.42 Å². The number of benzene rings is 1. The quantitative estimate of drug-likeness (QED) is 0.359. The molecule has 0 aliphatic rings. The molecule has 7 heteroatoms. The molecule has 0 amide bonds. The summed E-state index contributed by atoms with van der Waals surface area (Å²) in [6.07, 6.45) is 0. The summed E-state index contributed by atoms with van der Waals surface area (Å²) in [6.45, 7) is 3.31. The van der Waals surface area contributed by atoms with E-state index in [-0.39, 0.29) is 23.3 Å². The Bertz CT molecular complexity index is 512. The summed E-state index contributed by atoms with van der Waals surface area (Å²) in [4.78, 5) is 0.185. The van der Waals surface area contributed by atoms with Crippen molar-refractivity contribution in [3.8, 4) is 0 Å². The molecule has 1 rings (SSSR count). The second kappa shape index (κ2) is 5.83. The molecule has 0 aliphatic carbocycles. The number of hydrogen-bond acceptors (Lipinski definition) is 4. The van der Waals surface area contributed by atoms with Crippen molar-refractivity contribution in [1.82, 2.24) is 4.31 Å². The van der Waals surface area contributed by atoms with Gasteiger partial charge in [0.1, 0.15) is 0 Å². The highest BCUT2D eigenvalue weighted by Crippen LogP contribution is 2.17. The van der Waals surface area contributed by atoms with E-state index in [1.54, 1.807) is 32.0 Å². The molecule has 0 atom stereocenters. The lowest BCUT2D eigenvalue weighted by Gasteiger charge is -2.25. The van der Waals surface area contributed by atoms with Crippen LogP contribution in [-0.4, -0.2) is 36.4 Å². The third-order valence-electron chi connectivity index (χ3n) is 2.37. The predicted octanol–water partition coefficient (Wildman–Crippen LogP) is 0.832. The minimum absolute atomic E-state index is 0.147. The fraction of sp³-hybridized carbons (Fsp3) is 0.364. The first-order valence-corrected chi connectivity index (χ1v) is 6.87. The van der Waals surface area contributed by atoms with Crippen molar-refractivity contribution in [1.29, 1.82) is 0 Å². The van der Waals surface area contributed by atoms with Gasteiger partial charge in [0.05, 0.1) is 11.4 Å². The summed E-state index contributed by atoms with van der Waals surface area (Å²) in [5.74, 6) is -0.150. The van der Waals surface area contributed by atoms with E-state index in [0.717, 1.165) is 0 Å². The van der Waals surface area contributed by atoms with E-state index in [0.29, 0.717) is 0 Å². The minimum Gasteiger partial charge on any atom is -0.409 e. The molecule has 3 N–H and O–H groups in total. The monoisotopic (exact) mass is 271 g/mol. The molecule has 0 bridgehead atoms. The molecule has 0 saturated carbocycles. The van der Waals surface area contributed by atoms with Crippen LogP contribution in [0.1, 0.15) is 13.8 Å². The maximum absolute atomic E-state index is 12.4. The van der Waals surface area contributed by atoms with Gasteiger partial charge in [-0.05, 0) is 26.0 Å². The van der Waals surface area contributed by atoms with Gasteiger partial charge in [0, 0.05) is 6.04 Å². The molecular formula is C11H17N3O3S. The van der Waals surface area contributed by atoms with Gasteiger partial charge in [-0.1, -0.05) is 23.4 Å². The first-order valence-electron chi connectivity index (χ1n) is 5.43. The average molecular weight is 271 g/mol. The topological polar surface area (TPSA) is 96.0 Å². The fourth-order valence-electron chi connectivity index (χ4n) is 1.46. The first-order chi connectivity index (χ1) is 8.39. The third kappa shape index (κ3) is 3.21. The van der Waals surface area contributed by atoms with Crippen LogP contribution in [0.15, 0.2) is 40.4 Å². The standard InChI is InChI=1S/C11H17N3O3S/c1-9(2)14(8-11(12)13-15)18(16,17)10-6-4-3-5-7-10/h3-7,9,15H,8H2,1-2H3,(H2,12,13). The Balaban J connectivity index is 3.14. The third-order valence-corrected chi connectivity index (χ3v) is 4.41. The maximum atomic E-state index is 12.4. The zero-order valence-corrected chi connectivity index (χ0v) is 11.1. The van der Waals surface area contributed by atoms with E-state index < -0.39 is 10.0 Å². The summed E-state index contributed by atoms with van der Waals surface area (Å²) in [7, 11) is -3.64. The molecule has 6 nitrogen and oxygen atoms in total. The molecule has 0 radical (unpaired) electrons. The molecule has 0 unspecified atom stereocenters. The number of rotatable bonds is 5. The van der Waals surface area contributed by atoms with E-state index in [1.807, 2.05) is 0 Å². The summed E-state index contributed by atoms with van der Waals surface area (Å²) in [5.41, 5.74) is 5.38. The summed E-state index contributed by atoms with van der Waals surface area (Å²) in [5, 5.41) is 11.3. The van der Waals surface area contributed by atoms with Crippen LogP contribution in [0.2, 0.25) is 0 Å². The lowest BCUT2D eigenvalue weighted by molar-refractivity contribution is 0.312. The normalized spacial score (nSPS) is 13.2. The second-order valence-corrected chi connectivity index (χ2v) is 5.94. The van der Waals surface area contributed by atoms with Crippen LogP contribution in [0.3, 0.4) is 0 Å². The Morgan fingerprint density at radius 2 is 1.94 bits per heavy atom. The molecule has 100 valence electrons. The Hall–Kier alpha value is -1.60. The Labute approximate surface area is 107 Å². The van der Waals surface area contributed by atoms with Gasteiger partial charge in [-0.25, -0.2) is 8.42 Å². The van der Waals surface area contributed by atoms with E-state index in [2.05, 4.69) is 5.16 Å². The van der Waals surface area contributed by atoms with E-state index in [1.165, 1.54) is 16.4 Å². The van der Waals surface area contributed by atoms with Crippen molar-refractivity contribution in [2.75, 3.05) is 6.54 Å². The van der Waals surface area contributed by atoms with Crippen molar-refractivity contribution in [2.45, 2.75) is 24.8 Å². The average Bonchev–Trinajstić information content (AvgIpc) is 2.36. The largest absolute Gasteiger partial charge is 0.409 e. The molecule has 1 aromatic rings. The lowest BCUT2D eigenvalue weighted by atomic mass is 10.4. The molecular weight excluding hydrogens is 254 g/mol. The zero-order chi connectivity index (χ0) is 13.8. The van der Waals surface area contributed by atoms with E-state index >= 15 is 0 Å². The summed E-state index contributed by atoms with van der Waals surface area (Å²) in [6, 6.07) is 7.76. The summed E-state index contributed by atoms with van der Waals surface area (Å²) < 4.78 is 25.9. The number of amidine groups is 1. The van der Waals surface area contributed by atoms with Crippen LogP contribution < -0.4 is 5.73 Å². The molecule has 0 fully saturated rings. The number of oxime groups is 1. The SMILES string of the molecule is CC(C)N(CC(N)=NO)S(=O)(=O)c1ccccc1. The maximum Gasteiger partial charge on any atom is 0.243 e. The van der Waals surface area contributed by atoms with E-state index in [4.69, 9.17) is 10.9 Å². The van der Waals surface area contributed by atoms with Crippen molar-refractivity contribution < 1.29 is 13.6 Å².